The van der Waals surface area contributed by atoms with Crippen molar-refractivity contribution in [1.82, 2.24) is 4.90 Å². The topological polar surface area (TPSA) is 101 Å². The molecule has 0 bridgehead atoms. The fourth-order valence-corrected chi connectivity index (χ4v) is 6.08. The number of amides is 1. The van der Waals surface area contributed by atoms with Crippen LogP contribution in [0.15, 0.2) is 83.8 Å². The number of hydrogen-bond acceptors (Lipinski definition) is 6. The van der Waals surface area contributed by atoms with E-state index in [1.165, 1.54) is 9.21 Å². The molecule has 1 atom stereocenters. The number of aryl methyl sites for hydroxylation is 1. The second-order valence-corrected chi connectivity index (χ2v) is 11.9. The molecule has 8 nitrogen and oxygen atoms in total. The highest BCUT2D eigenvalue weighted by molar-refractivity contribution is 7.93. The number of para-hydroxylation sites is 1. The minimum absolute atomic E-state index is 0.00172. The van der Waals surface area contributed by atoms with Crippen molar-refractivity contribution in [2.24, 2.45) is 0 Å². The van der Waals surface area contributed by atoms with Crippen molar-refractivity contribution in [2.75, 3.05) is 17.1 Å². The number of carbonyl (C=O) groups excluding carboxylic acids is 1. The van der Waals surface area contributed by atoms with Crippen LogP contribution in [0.3, 0.4) is 0 Å². The molecule has 1 amide bonds. The third-order valence-electron chi connectivity index (χ3n) is 5.58. The molecule has 1 saturated heterocycles. The fourth-order valence-electron chi connectivity index (χ4n) is 3.96. The van der Waals surface area contributed by atoms with Gasteiger partial charge in [-0.15, -0.1) is 0 Å². The molecule has 10 heteroatoms. The monoisotopic (exact) mass is 514 g/mol. The average molecular weight is 515 g/mol. The predicted octanol–water partition coefficient (Wildman–Crippen LogP) is 3.60. The number of nitrogens with zero attached hydrogens (tertiary/aromatic N) is 2. The molecule has 0 spiro atoms. The molecular formula is C25H26N2O6S2. The predicted molar refractivity (Wildman–Crippen MR) is 133 cm³/mol. The maximum Gasteiger partial charge on any atom is 0.268 e. The zero-order valence-electron chi connectivity index (χ0n) is 19.4. The van der Waals surface area contributed by atoms with Crippen LogP contribution in [-0.2, 0) is 35.7 Å². The van der Waals surface area contributed by atoms with Gasteiger partial charge in [-0.2, -0.15) is 8.42 Å². The minimum Gasteiger partial charge on any atom is -0.336 e. The quantitative estimate of drug-likeness (QED) is 0.426. The van der Waals surface area contributed by atoms with Crippen LogP contribution in [0.4, 0.5) is 11.4 Å². The van der Waals surface area contributed by atoms with Crippen LogP contribution < -0.4 is 4.31 Å². The summed E-state index contributed by atoms with van der Waals surface area (Å²) in [6, 6.07) is 22.4. The van der Waals surface area contributed by atoms with Crippen molar-refractivity contribution in [3.63, 3.8) is 0 Å². The molecule has 1 unspecified atom stereocenters. The molecule has 0 aromatic heterocycles. The van der Waals surface area contributed by atoms with Gasteiger partial charge in [-0.05, 0) is 48.9 Å². The summed E-state index contributed by atoms with van der Waals surface area (Å²) in [7, 11) is -7.55. The van der Waals surface area contributed by atoms with E-state index < -0.39 is 26.2 Å². The Kier molecular flexibility index (Phi) is 6.98. The van der Waals surface area contributed by atoms with Gasteiger partial charge in [0.05, 0.1) is 28.9 Å². The molecule has 1 aliphatic rings. The Morgan fingerprint density at radius 1 is 0.886 bits per heavy atom. The van der Waals surface area contributed by atoms with E-state index in [4.69, 9.17) is 4.18 Å². The second-order valence-electron chi connectivity index (χ2n) is 8.49. The van der Waals surface area contributed by atoms with Crippen LogP contribution in [0.1, 0.15) is 17.5 Å². The first-order valence-electron chi connectivity index (χ1n) is 10.9. The molecule has 1 fully saturated rings. The lowest BCUT2D eigenvalue weighted by molar-refractivity contribution is -0.128. The Hall–Kier alpha value is -3.21. The average Bonchev–Trinajstić information content (AvgIpc) is 3.12. The lowest BCUT2D eigenvalue weighted by atomic mass is 10.2. The van der Waals surface area contributed by atoms with Crippen LogP contribution in [0, 0.1) is 6.92 Å². The summed E-state index contributed by atoms with van der Waals surface area (Å²) < 4.78 is 56.2. The Balaban J connectivity index is 1.59. The number of sulfonamides is 1. The van der Waals surface area contributed by atoms with E-state index in [0.29, 0.717) is 11.4 Å². The zero-order chi connectivity index (χ0) is 25.2. The molecule has 1 heterocycles. The molecule has 184 valence electrons. The van der Waals surface area contributed by atoms with Crippen LogP contribution in [0.25, 0.3) is 0 Å². The molecular weight excluding hydrogens is 488 g/mol. The van der Waals surface area contributed by atoms with E-state index in [9.17, 15) is 21.6 Å². The van der Waals surface area contributed by atoms with E-state index in [1.54, 1.807) is 72.8 Å². The van der Waals surface area contributed by atoms with Gasteiger partial charge >= 0.3 is 0 Å². The number of rotatable bonds is 8. The normalized spacial score (nSPS) is 16.5. The molecule has 0 radical (unpaired) electrons. The first-order valence-corrected chi connectivity index (χ1v) is 14.2. The van der Waals surface area contributed by atoms with E-state index >= 15 is 0 Å². The summed E-state index contributed by atoms with van der Waals surface area (Å²) in [5, 5.41) is 0. The second kappa shape index (κ2) is 9.80. The molecule has 1 aliphatic heterocycles. The SMILES string of the molecule is Cc1ccc(S(=O)(=O)N(c2ccccc2)c2ccc(CN3CC(OS(C)(=O)=O)CC3=O)cc2)cc1. The fraction of sp³-hybridized carbons (Fsp3) is 0.240. The molecule has 0 N–H and O–H groups in total. The zero-order valence-corrected chi connectivity index (χ0v) is 21.0. The molecule has 0 aliphatic carbocycles. The summed E-state index contributed by atoms with van der Waals surface area (Å²) >= 11 is 0. The maximum absolute atomic E-state index is 13.6. The summed E-state index contributed by atoms with van der Waals surface area (Å²) in [6.45, 7) is 2.33. The first-order chi connectivity index (χ1) is 16.5. The van der Waals surface area contributed by atoms with E-state index in [0.717, 1.165) is 17.4 Å². The maximum atomic E-state index is 13.6. The third kappa shape index (κ3) is 5.90. The van der Waals surface area contributed by atoms with Gasteiger partial charge < -0.3 is 4.90 Å². The first kappa shape index (κ1) is 24.9. The van der Waals surface area contributed by atoms with Crippen molar-refractivity contribution >= 4 is 37.4 Å². The van der Waals surface area contributed by atoms with Gasteiger partial charge in [-0.25, -0.2) is 12.7 Å². The number of likely N-dealkylation sites (tertiary alicyclic amines) is 1. The highest BCUT2D eigenvalue weighted by Crippen LogP contribution is 2.33. The van der Waals surface area contributed by atoms with Crippen molar-refractivity contribution in [3.8, 4) is 0 Å². The van der Waals surface area contributed by atoms with E-state index in [1.807, 2.05) is 13.0 Å². The molecule has 35 heavy (non-hydrogen) atoms. The summed E-state index contributed by atoms with van der Waals surface area (Å²) in [5.74, 6) is -0.199. The Morgan fingerprint density at radius 2 is 1.49 bits per heavy atom. The van der Waals surface area contributed by atoms with Crippen LogP contribution in [-0.4, -0.2) is 46.5 Å². The van der Waals surface area contributed by atoms with Crippen molar-refractivity contribution < 1.29 is 25.8 Å². The molecule has 0 saturated carbocycles. The van der Waals surface area contributed by atoms with Gasteiger partial charge in [-0.1, -0.05) is 48.0 Å². The minimum atomic E-state index is -3.90. The lowest BCUT2D eigenvalue weighted by Gasteiger charge is -2.25. The van der Waals surface area contributed by atoms with Gasteiger partial charge in [0.25, 0.3) is 20.1 Å². The van der Waals surface area contributed by atoms with Gasteiger partial charge in [0.2, 0.25) is 5.91 Å². The molecule has 3 aromatic carbocycles. The number of anilines is 2. The van der Waals surface area contributed by atoms with E-state index in [2.05, 4.69) is 0 Å². The Bertz CT molecular complexity index is 1410. The summed E-state index contributed by atoms with van der Waals surface area (Å²) in [5.41, 5.74) is 2.69. The highest BCUT2D eigenvalue weighted by atomic mass is 32.2. The molecule has 3 aromatic rings. The van der Waals surface area contributed by atoms with Crippen LogP contribution in [0.2, 0.25) is 0 Å². The van der Waals surface area contributed by atoms with Crippen LogP contribution >= 0.6 is 0 Å². The Morgan fingerprint density at radius 3 is 2.09 bits per heavy atom. The number of benzene rings is 3. The Labute approximate surface area is 205 Å². The third-order valence-corrected chi connectivity index (χ3v) is 7.98. The van der Waals surface area contributed by atoms with Gasteiger partial charge in [0.15, 0.2) is 0 Å². The summed E-state index contributed by atoms with van der Waals surface area (Å²) in [4.78, 5) is 14.0. The van der Waals surface area contributed by atoms with Crippen LogP contribution in [0.5, 0.6) is 0 Å². The highest BCUT2D eigenvalue weighted by Gasteiger charge is 2.33. The largest absolute Gasteiger partial charge is 0.336 e. The smallest absolute Gasteiger partial charge is 0.268 e. The molecule has 4 rings (SSSR count). The van der Waals surface area contributed by atoms with Gasteiger partial charge in [-0.3, -0.25) is 8.98 Å². The van der Waals surface area contributed by atoms with Gasteiger partial charge in [0.1, 0.15) is 6.10 Å². The van der Waals surface area contributed by atoms with Crippen molar-refractivity contribution in [3.05, 3.63) is 90.0 Å². The standard InChI is InChI=1S/C25H26N2O6S2/c1-19-8-14-24(15-9-19)35(31,32)27(21-6-4-3-5-7-21)22-12-10-20(11-13-22)17-26-18-23(16-25(26)28)33-34(2,29)30/h3-15,23H,16-18H2,1-2H3. The number of hydrogen-bond donors (Lipinski definition) is 0. The van der Waals surface area contributed by atoms with Gasteiger partial charge in [0, 0.05) is 13.1 Å². The lowest BCUT2D eigenvalue weighted by Crippen LogP contribution is -2.27. The number of carbonyl (C=O) groups is 1. The van der Waals surface area contributed by atoms with Crippen molar-refractivity contribution in [2.45, 2.75) is 30.9 Å². The summed E-state index contributed by atoms with van der Waals surface area (Å²) in [6.07, 6.45) is 0.258. The van der Waals surface area contributed by atoms with E-state index in [-0.39, 0.29) is 30.3 Å². The van der Waals surface area contributed by atoms with Crippen molar-refractivity contribution in [1.29, 1.82) is 0 Å².